The number of nitro groups is 1. The Balaban J connectivity index is 1.95. The number of hydrogen-bond donors (Lipinski definition) is 3. The third-order valence-corrected chi connectivity index (χ3v) is 6.22. The number of hydrazone groups is 1. The minimum absolute atomic E-state index is 0.0135. The minimum atomic E-state index is -4.21. The molecule has 0 atom stereocenters. The van der Waals surface area contributed by atoms with Gasteiger partial charge in [-0.3, -0.25) is 20.3 Å². The first-order valence-corrected chi connectivity index (χ1v) is 11.7. The molecule has 0 amide bonds. The molecule has 11 heteroatoms. The zero-order chi connectivity index (χ0) is 24.9. The molecule has 0 saturated carbocycles. The molecule has 0 aromatic heterocycles. The predicted molar refractivity (Wildman–Crippen MR) is 130 cm³/mol. The smallest absolute Gasteiger partial charge is 0.270 e. The molecule has 0 aliphatic carbocycles. The molecule has 34 heavy (non-hydrogen) atoms. The van der Waals surface area contributed by atoms with Gasteiger partial charge in [0, 0.05) is 17.7 Å². The number of aryl methyl sites for hydroxylation is 2. The fourth-order valence-corrected chi connectivity index (χ4v) is 4.46. The van der Waals surface area contributed by atoms with E-state index in [1.807, 2.05) is 13.0 Å². The third kappa shape index (κ3) is 5.62. The molecule has 0 bridgehead atoms. The molecule has 178 valence electrons. The van der Waals surface area contributed by atoms with Crippen LogP contribution in [0.5, 0.6) is 11.5 Å². The monoisotopic (exact) mass is 484 g/mol. The van der Waals surface area contributed by atoms with Gasteiger partial charge in [-0.2, -0.15) is 5.10 Å². The minimum Gasteiger partial charge on any atom is -0.504 e. The quantitative estimate of drug-likeness (QED) is 0.229. The van der Waals surface area contributed by atoms with Gasteiger partial charge >= 0.3 is 0 Å². The second-order valence-electron chi connectivity index (χ2n) is 7.36. The molecular weight excluding hydrogens is 460 g/mol. The van der Waals surface area contributed by atoms with Crippen LogP contribution in [0.2, 0.25) is 0 Å². The number of phenols is 1. The van der Waals surface area contributed by atoms with Crippen LogP contribution >= 0.6 is 0 Å². The van der Waals surface area contributed by atoms with Crippen molar-refractivity contribution in [2.75, 3.05) is 16.8 Å². The molecule has 0 saturated heterocycles. The number of ether oxygens (including phenoxy) is 1. The fourth-order valence-electron chi connectivity index (χ4n) is 3.15. The summed E-state index contributed by atoms with van der Waals surface area (Å²) in [5.41, 5.74) is 4.57. The van der Waals surface area contributed by atoms with Crippen molar-refractivity contribution in [2.24, 2.45) is 5.10 Å². The molecule has 10 nitrogen and oxygen atoms in total. The first-order chi connectivity index (χ1) is 16.1. The average molecular weight is 485 g/mol. The maximum atomic E-state index is 13.2. The Bertz CT molecular complexity index is 1360. The van der Waals surface area contributed by atoms with Crippen molar-refractivity contribution in [3.05, 3.63) is 81.4 Å². The molecule has 3 rings (SSSR count). The molecule has 3 aromatic carbocycles. The van der Waals surface area contributed by atoms with E-state index in [2.05, 4.69) is 15.2 Å². The Morgan fingerprint density at radius 2 is 1.85 bits per heavy atom. The molecule has 0 aliphatic rings. The lowest BCUT2D eigenvalue weighted by molar-refractivity contribution is -0.385. The Labute approximate surface area is 197 Å². The lowest BCUT2D eigenvalue weighted by atomic mass is 10.1. The van der Waals surface area contributed by atoms with E-state index in [-0.39, 0.29) is 22.1 Å². The molecule has 0 fully saturated rings. The van der Waals surface area contributed by atoms with E-state index in [9.17, 15) is 23.6 Å². The number of para-hydroxylation sites is 1. The number of nitro benzene ring substituents is 1. The Hall–Kier alpha value is -4.12. The first-order valence-electron chi connectivity index (χ1n) is 10.2. The number of phenolic OH excluding ortho intramolecular Hbond substituents is 1. The van der Waals surface area contributed by atoms with Crippen LogP contribution in [0.25, 0.3) is 0 Å². The van der Waals surface area contributed by atoms with Gasteiger partial charge in [-0.05, 0) is 50.6 Å². The van der Waals surface area contributed by atoms with Gasteiger partial charge in [-0.15, -0.1) is 0 Å². The maximum absolute atomic E-state index is 13.2. The normalized spacial score (nSPS) is 11.4. The van der Waals surface area contributed by atoms with E-state index in [0.29, 0.717) is 23.4 Å². The third-order valence-electron chi connectivity index (χ3n) is 4.81. The van der Waals surface area contributed by atoms with Crippen molar-refractivity contribution in [2.45, 2.75) is 25.7 Å². The van der Waals surface area contributed by atoms with Crippen LogP contribution in [0.4, 0.5) is 17.1 Å². The Kier molecular flexibility index (Phi) is 7.37. The summed E-state index contributed by atoms with van der Waals surface area (Å²) in [6, 6.07) is 13.4. The van der Waals surface area contributed by atoms with Gasteiger partial charge in [0.25, 0.3) is 15.7 Å². The number of nitrogens with zero attached hydrogens (tertiary/aromatic N) is 2. The zero-order valence-electron chi connectivity index (χ0n) is 18.8. The number of non-ortho nitro benzene ring substituents is 1. The maximum Gasteiger partial charge on any atom is 0.270 e. The number of nitrogens with one attached hydrogen (secondary N) is 2. The summed E-state index contributed by atoms with van der Waals surface area (Å²) in [6.07, 6.45) is 1.28. The summed E-state index contributed by atoms with van der Waals surface area (Å²) < 4.78 is 34.1. The van der Waals surface area contributed by atoms with E-state index in [1.165, 1.54) is 18.3 Å². The van der Waals surface area contributed by atoms with Crippen molar-refractivity contribution in [1.29, 1.82) is 0 Å². The highest BCUT2D eigenvalue weighted by atomic mass is 32.2. The number of sulfonamides is 1. The Morgan fingerprint density at radius 3 is 2.53 bits per heavy atom. The van der Waals surface area contributed by atoms with E-state index < -0.39 is 20.6 Å². The van der Waals surface area contributed by atoms with Crippen molar-refractivity contribution in [1.82, 2.24) is 0 Å². The predicted octanol–water partition coefficient (Wildman–Crippen LogP) is 4.56. The van der Waals surface area contributed by atoms with Crippen LogP contribution < -0.4 is 14.9 Å². The zero-order valence-corrected chi connectivity index (χ0v) is 19.6. The summed E-state index contributed by atoms with van der Waals surface area (Å²) in [5, 5.41) is 25.6. The lowest BCUT2D eigenvalue weighted by Gasteiger charge is -2.14. The van der Waals surface area contributed by atoms with Crippen LogP contribution in [-0.4, -0.2) is 31.3 Å². The van der Waals surface area contributed by atoms with Crippen molar-refractivity contribution >= 4 is 33.3 Å². The van der Waals surface area contributed by atoms with Crippen molar-refractivity contribution < 1.29 is 23.2 Å². The molecule has 0 spiro atoms. The van der Waals surface area contributed by atoms with Gasteiger partial charge in [0.15, 0.2) is 11.5 Å². The SMILES string of the molecule is CCOc1cccc(/C=N/Nc2ccc([N+](=O)[O-])cc2S(=O)(=O)Nc2ccc(C)cc2C)c1O. The van der Waals surface area contributed by atoms with Crippen LogP contribution in [0.1, 0.15) is 23.6 Å². The lowest BCUT2D eigenvalue weighted by Crippen LogP contribution is -2.16. The first kappa shape index (κ1) is 24.5. The van der Waals surface area contributed by atoms with Crippen LogP contribution in [0.15, 0.2) is 64.6 Å². The van der Waals surface area contributed by atoms with E-state index in [0.717, 1.165) is 11.6 Å². The number of rotatable bonds is 9. The molecule has 0 radical (unpaired) electrons. The van der Waals surface area contributed by atoms with Gasteiger partial charge < -0.3 is 9.84 Å². The van der Waals surface area contributed by atoms with Gasteiger partial charge in [0.2, 0.25) is 0 Å². The van der Waals surface area contributed by atoms with Crippen molar-refractivity contribution in [3.63, 3.8) is 0 Å². The largest absolute Gasteiger partial charge is 0.504 e. The highest BCUT2D eigenvalue weighted by Gasteiger charge is 2.23. The number of benzene rings is 3. The topological polar surface area (TPSA) is 143 Å². The average Bonchev–Trinajstić information content (AvgIpc) is 2.78. The van der Waals surface area contributed by atoms with Gasteiger partial charge in [-0.25, -0.2) is 8.42 Å². The summed E-state index contributed by atoms with van der Waals surface area (Å²) in [7, 11) is -4.21. The van der Waals surface area contributed by atoms with Crippen molar-refractivity contribution in [3.8, 4) is 11.5 Å². The van der Waals surface area contributed by atoms with E-state index in [4.69, 9.17) is 4.74 Å². The molecular formula is C23H24N4O6S. The summed E-state index contributed by atoms with van der Waals surface area (Å²) in [6.45, 7) is 5.78. The number of anilines is 2. The standard InChI is InChI=1S/C23H24N4O6S/c1-4-33-21-7-5-6-17(23(21)28)14-24-25-20-11-9-18(27(29)30)13-22(20)34(31,32)26-19-10-8-15(2)12-16(19)3/h5-14,25-26,28H,4H2,1-3H3/b24-14+. The van der Waals surface area contributed by atoms with E-state index >= 15 is 0 Å². The van der Waals surface area contributed by atoms with Gasteiger partial charge in [0.1, 0.15) is 4.90 Å². The van der Waals surface area contributed by atoms with Gasteiger partial charge in [-0.1, -0.05) is 23.8 Å². The summed E-state index contributed by atoms with van der Waals surface area (Å²) in [5.74, 6) is 0.158. The van der Waals surface area contributed by atoms with Crippen LogP contribution in [-0.2, 0) is 10.0 Å². The number of aromatic hydroxyl groups is 1. The Morgan fingerprint density at radius 1 is 1.12 bits per heavy atom. The second-order valence-corrected chi connectivity index (χ2v) is 9.01. The number of hydrogen-bond acceptors (Lipinski definition) is 8. The highest BCUT2D eigenvalue weighted by Crippen LogP contribution is 2.30. The van der Waals surface area contributed by atoms with Crippen LogP contribution in [0.3, 0.4) is 0 Å². The van der Waals surface area contributed by atoms with Crippen LogP contribution in [0, 0.1) is 24.0 Å². The van der Waals surface area contributed by atoms with Gasteiger partial charge in [0.05, 0.1) is 29.1 Å². The summed E-state index contributed by atoms with van der Waals surface area (Å²) >= 11 is 0. The fraction of sp³-hybridized carbons (Fsp3) is 0.174. The molecule has 0 aliphatic heterocycles. The molecule has 3 aromatic rings. The van der Waals surface area contributed by atoms with E-state index in [1.54, 1.807) is 44.2 Å². The second kappa shape index (κ2) is 10.2. The molecule has 3 N–H and O–H groups in total. The molecule has 0 heterocycles. The summed E-state index contributed by atoms with van der Waals surface area (Å²) in [4.78, 5) is 10.2. The highest BCUT2D eigenvalue weighted by molar-refractivity contribution is 7.92. The molecule has 0 unspecified atom stereocenters.